The van der Waals surface area contributed by atoms with Gasteiger partial charge in [-0.1, -0.05) is 11.6 Å². The van der Waals surface area contributed by atoms with Gasteiger partial charge in [0.25, 0.3) is 0 Å². The highest BCUT2D eigenvalue weighted by atomic mass is 35.5. The van der Waals surface area contributed by atoms with Crippen LogP contribution in [-0.4, -0.2) is 43.1 Å². The number of thiazole rings is 1. The van der Waals surface area contributed by atoms with Crippen LogP contribution in [0, 0.1) is 12.8 Å². The molecule has 1 N–H and O–H groups in total. The van der Waals surface area contributed by atoms with Crippen molar-refractivity contribution in [3.8, 4) is 11.5 Å². The van der Waals surface area contributed by atoms with Gasteiger partial charge in [0.15, 0.2) is 0 Å². The number of amides is 1. The van der Waals surface area contributed by atoms with Crippen LogP contribution >= 0.6 is 22.9 Å². The third kappa shape index (κ3) is 4.91. The molecule has 3 rings (SSSR count). The lowest BCUT2D eigenvalue weighted by Crippen LogP contribution is -2.37. The first-order valence-corrected chi connectivity index (χ1v) is 10.1. The van der Waals surface area contributed by atoms with E-state index in [4.69, 9.17) is 21.1 Å². The van der Waals surface area contributed by atoms with Gasteiger partial charge < -0.3 is 14.8 Å². The number of likely N-dealkylation sites (tertiary alicyclic amines) is 1. The second kappa shape index (κ2) is 8.91. The standard InChI is InChI=1S/C19H24ClN3O3S/c1-12-21-14(11-27-12)10-23-6-4-13(5-7-23)19(24)22-16-8-15(20)17(25-2)9-18(16)26-3/h8-9,11,13H,4-7,10H2,1-3H3,(H,22,24). The number of hydrogen-bond donors (Lipinski definition) is 1. The average molecular weight is 410 g/mol. The molecule has 1 aromatic heterocycles. The summed E-state index contributed by atoms with van der Waals surface area (Å²) in [7, 11) is 3.09. The lowest BCUT2D eigenvalue weighted by molar-refractivity contribution is -0.121. The molecule has 0 spiro atoms. The molecule has 2 heterocycles. The van der Waals surface area contributed by atoms with Gasteiger partial charge in [0.2, 0.25) is 5.91 Å². The Morgan fingerprint density at radius 1 is 1.30 bits per heavy atom. The number of nitrogens with one attached hydrogen (secondary N) is 1. The molecular formula is C19H24ClN3O3S. The number of ether oxygens (including phenoxy) is 2. The van der Waals surface area contributed by atoms with Crippen LogP contribution < -0.4 is 14.8 Å². The van der Waals surface area contributed by atoms with Crippen LogP contribution in [0.3, 0.4) is 0 Å². The Bertz CT molecular complexity index is 803. The number of methoxy groups -OCH3 is 2. The molecule has 0 aliphatic carbocycles. The highest BCUT2D eigenvalue weighted by Gasteiger charge is 2.26. The van der Waals surface area contributed by atoms with E-state index in [2.05, 4.69) is 20.6 Å². The van der Waals surface area contributed by atoms with Crippen LogP contribution in [0.25, 0.3) is 0 Å². The molecule has 0 radical (unpaired) electrons. The third-order valence-electron chi connectivity index (χ3n) is 4.74. The second-order valence-corrected chi connectivity index (χ2v) is 8.05. The molecule has 2 aromatic rings. The minimum atomic E-state index is -0.0241. The Morgan fingerprint density at radius 3 is 2.59 bits per heavy atom. The smallest absolute Gasteiger partial charge is 0.227 e. The summed E-state index contributed by atoms with van der Waals surface area (Å²) in [5.41, 5.74) is 1.67. The van der Waals surface area contributed by atoms with Gasteiger partial charge in [0, 0.05) is 23.9 Å². The number of carbonyl (C=O) groups is 1. The van der Waals surface area contributed by atoms with Crippen LogP contribution in [0.15, 0.2) is 17.5 Å². The fourth-order valence-corrected chi connectivity index (χ4v) is 4.10. The summed E-state index contributed by atoms with van der Waals surface area (Å²) < 4.78 is 10.5. The maximum Gasteiger partial charge on any atom is 0.227 e. The monoisotopic (exact) mass is 409 g/mol. The highest BCUT2D eigenvalue weighted by molar-refractivity contribution is 7.09. The number of aromatic nitrogens is 1. The summed E-state index contributed by atoms with van der Waals surface area (Å²) in [6, 6.07) is 3.34. The van der Waals surface area contributed by atoms with Crippen LogP contribution in [0.2, 0.25) is 5.02 Å². The van der Waals surface area contributed by atoms with E-state index in [1.807, 2.05) is 6.92 Å². The predicted octanol–water partition coefficient (Wildman–Crippen LogP) is 3.97. The van der Waals surface area contributed by atoms with E-state index in [-0.39, 0.29) is 11.8 Å². The van der Waals surface area contributed by atoms with Crippen molar-refractivity contribution in [2.45, 2.75) is 26.3 Å². The van der Waals surface area contributed by atoms with E-state index >= 15 is 0 Å². The number of piperidine rings is 1. The van der Waals surface area contributed by atoms with Gasteiger partial charge in [-0.05, 0) is 38.9 Å². The molecule has 146 valence electrons. The van der Waals surface area contributed by atoms with Crippen molar-refractivity contribution in [1.29, 1.82) is 0 Å². The Morgan fingerprint density at radius 2 is 2.00 bits per heavy atom. The fourth-order valence-electron chi connectivity index (χ4n) is 3.26. The number of hydrogen-bond acceptors (Lipinski definition) is 6. The van der Waals surface area contributed by atoms with Crippen molar-refractivity contribution < 1.29 is 14.3 Å². The van der Waals surface area contributed by atoms with Gasteiger partial charge in [-0.15, -0.1) is 11.3 Å². The van der Waals surface area contributed by atoms with Gasteiger partial charge in [-0.2, -0.15) is 0 Å². The Kier molecular flexibility index (Phi) is 6.57. The van der Waals surface area contributed by atoms with Crippen molar-refractivity contribution in [2.75, 3.05) is 32.6 Å². The van der Waals surface area contributed by atoms with Gasteiger partial charge in [0.05, 0.1) is 35.6 Å². The summed E-state index contributed by atoms with van der Waals surface area (Å²) in [6.07, 6.45) is 1.64. The number of rotatable bonds is 6. The summed E-state index contributed by atoms with van der Waals surface area (Å²) in [5.74, 6) is 1.01. The minimum absolute atomic E-state index is 0.00122. The molecule has 1 aromatic carbocycles. The number of nitrogens with zero attached hydrogens (tertiary/aromatic N) is 2. The molecule has 8 heteroatoms. The molecule has 0 unspecified atom stereocenters. The van der Waals surface area contributed by atoms with Crippen LogP contribution in [0.5, 0.6) is 11.5 Å². The zero-order valence-electron chi connectivity index (χ0n) is 15.8. The third-order valence-corrected chi connectivity index (χ3v) is 5.86. The quantitative estimate of drug-likeness (QED) is 0.781. The van der Waals surface area contributed by atoms with E-state index in [1.165, 1.54) is 0 Å². The molecule has 27 heavy (non-hydrogen) atoms. The molecule has 1 aliphatic heterocycles. The van der Waals surface area contributed by atoms with Crippen molar-refractivity contribution in [1.82, 2.24) is 9.88 Å². The van der Waals surface area contributed by atoms with Gasteiger partial charge in [0.1, 0.15) is 11.5 Å². The highest BCUT2D eigenvalue weighted by Crippen LogP contribution is 2.36. The van der Waals surface area contributed by atoms with E-state index in [0.29, 0.717) is 22.2 Å². The van der Waals surface area contributed by atoms with Crippen LogP contribution in [0.4, 0.5) is 5.69 Å². The molecule has 0 saturated carbocycles. The van der Waals surface area contributed by atoms with Gasteiger partial charge in [-0.3, -0.25) is 9.69 Å². The molecule has 0 bridgehead atoms. The number of benzene rings is 1. The first-order chi connectivity index (χ1) is 13.0. The SMILES string of the molecule is COc1cc(OC)c(NC(=O)C2CCN(Cc3csc(C)n3)CC2)cc1Cl. The Labute approximate surface area is 168 Å². The van der Waals surface area contributed by atoms with Crippen LogP contribution in [-0.2, 0) is 11.3 Å². The number of halogens is 1. The molecule has 1 fully saturated rings. The number of anilines is 1. The van der Waals surface area contributed by atoms with Gasteiger partial charge >= 0.3 is 0 Å². The summed E-state index contributed by atoms with van der Waals surface area (Å²) in [5, 5.41) is 6.58. The van der Waals surface area contributed by atoms with Crippen molar-refractivity contribution >= 4 is 34.5 Å². The van der Waals surface area contributed by atoms with Crippen molar-refractivity contribution in [2.24, 2.45) is 5.92 Å². The largest absolute Gasteiger partial charge is 0.495 e. The zero-order chi connectivity index (χ0) is 19.4. The topological polar surface area (TPSA) is 63.7 Å². The zero-order valence-corrected chi connectivity index (χ0v) is 17.3. The average Bonchev–Trinajstić information content (AvgIpc) is 3.07. The first-order valence-electron chi connectivity index (χ1n) is 8.86. The van der Waals surface area contributed by atoms with Crippen molar-refractivity contribution in [3.05, 3.63) is 33.2 Å². The Hall–Kier alpha value is -1.83. The van der Waals surface area contributed by atoms with E-state index in [1.54, 1.807) is 37.7 Å². The molecule has 6 nitrogen and oxygen atoms in total. The maximum absolute atomic E-state index is 12.7. The molecule has 1 saturated heterocycles. The first kappa shape index (κ1) is 19.9. The number of carbonyl (C=O) groups excluding carboxylic acids is 1. The van der Waals surface area contributed by atoms with E-state index in [0.717, 1.165) is 43.2 Å². The van der Waals surface area contributed by atoms with Crippen molar-refractivity contribution in [3.63, 3.8) is 0 Å². The predicted molar refractivity (Wildman–Crippen MR) is 108 cm³/mol. The maximum atomic E-state index is 12.7. The normalized spacial score (nSPS) is 15.6. The fraction of sp³-hybridized carbons (Fsp3) is 0.474. The molecular weight excluding hydrogens is 386 g/mol. The number of aryl methyl sites for hydroxylation is 1. The summed E-state index contributed by atoms with van der Waals surface area (Å²) in [6.45, 7) is 4.63. The van der Waals surface area contributed by atoms with Crippen LogP contribution in [0.1, 0.15) is 23.5 Å². The molecule has 1 amide bonds. The molecule has 0 atom stereocenters. The lowest BCUT2D eigenvalue weighted by Gasteiger charge is -2.30. The van der Waals surface area contributed by atoms with E-state index in [9.17, 15) is 4.79 Å². The molecule has 1 aliphatic rings. The summed E-state index contributed by atoms with van der Waals surface area (Å²) in [4.78, 5) is 19.6. The van der Waals surface area contributed by atoms with Gasteiger partial charge in [-0.25, -0.2) is 4.98 Å². The summed E-state index contributed by atoms with van der Waals surface area (Å²) >= 11 is 7.86. The Balaban J connectivity index is 1.57. The van der Waals surface area contributed by atoms with E-state index < -0.39 is 0 Å². The lowest BCUT2D eigenvalue weighted by atomic mass is 9.95. The minimum Gasteiger partial charge on any atom is -0.495 e. The second-order valence-electron chi connectivity index (χ2n) is 6.58.